The number of para-hydroxylation sites is 1. The Kier molecular flexibility index (Phi) is 5.97. The van der Waals surface area contributed by atoms with Crippen LogP contribution in [0.2, 0.25) is 5.28 Å². The lowest BCUT2D eigenvalue weighted by atomic mass is 9.98. The third-order valence-electron chi connectivity index (χ3n) is 6.47. The van der Waals surface area contributed by atoms with Gasteiger partial charge in [-0.2, -0.15) is 4.98 Å². The number of benzene rings is 2. The largest absolute Gasteiger partial charge is 0.366 e. The standard InChI is InChI=1S/C26H26ClFN4S/c1-4-21-22(18-10-9-16(2)17(3)15-18)23-24(29-26(27)30-25(23)33-21)32-13-11-31(12-14-32)20-8-6-5-7-19(20)28/h5-10,15H,4,11-14H2,1-3H3. The molecule has 0 unspecified atom stereocenters. The molecule has 4 aromatic rings. The smallest absolute Gasteiger partial charge is 0.225 e. The summed E-state index contributed by atoms with van der Waals surface area (Å²) in [4.78, 5) is 15.9. The SMILES string of the molecule is CCc1sc2nc(Cl)nc(N3CCN(c4ccccc4F)CC3)c2c1-c1ccc(C)c(C)c1. The first-order valence-corrected chi connectivity index (χ1v) is 12.5. The molecule has 1 saturated heterocycles. The maximum absolute atomic E-state index is 14.3. The summed E-state index contributed by atoms with van der Waals surface area (Å²) in [6.45, 7) is 9.36. The Balaban J connectivity index is 1.57. The van der Waals surface area contributed by atoms with Crippen molar-refractivity contribution >= 4 is 44.7 Å². The van der Waals surface area contributed by atoms with Gasteiger partial charge in [0.1, 0.15) is 16.5 Å². The van der Waals surface area contributed by atoms with E-state index in [4.69, 9.17) is 16.6 Å². The second-order valence-corrected chi connectivity index (χ2v) is 9.90. The lowest BCUT2D eigenvalue weighted by Gasteiger charge is -2.37. The molecule has 1 aliphatic heterocycles. The number of aryl methyl sites for hydroxylation is 3. The van der Waals surface area contributed by atoms with Gasteiger partial charge in [-0.1, -0.05) is 37.3 Å². The van der Waals surface area contributed by atoms with Crippen LogP contribution in [0.25, 0.3) is 21.3 Å². The fourth-order valence-electron chi connectivity index (χ4n) is 4.55. The molecule has 4 nitrogen and oxygen atoms in total. The molecule has 0 N–H and O–H groups in total. The molecule has 1 aliphatic rings. The summed E-state index contributed by atoms with van der Waals surface area (Å²) >= 11 is 8.08. The van der Waals surface area contributed by atoms with Gasteiger partial charge < -0.3 is 9.80 Å². The van der Waals surface area contributed by atoms with Crippen molar-refractivity contribution in [3.8, 4) is 11.1 Å². The third kappa shape index (κ3) is 4.06. The predicted molar refractivity (Wildman–Crippen MR) is 138 cm³/mol. The van der Waals surface area contributed by atoms with Crippen LogP contribution in [0.15, 0.2) is 42.5 Å². The van der Waals surface area contributed by atoms with Crippen LogP contribution in [0, 0.1) is 19.7 Å². The van der Waals surface area contributed by atoms with Crippen molar-refractivity contribution in [2.75, 3.05) is 36.0 Å². The van der Waals surface area contributed by atoms with Gasteiger partial charge in [-0.25, -0.2) is 9.37 Å². The topological polar surface area (TPSA) is 32.3 Å². The van der Waals surface area contributed by atoms with E-state index < -0.39 is 0 Å². The molecular weight excluding hydrogens is 455 g/mol. The quantitative estimate of drug-likeness (QED) is 0.306. The molecule has 7 heteroatoms. The minimum Gasteiger partial charge on any atom is -0.366 e. The number of nitrogens with zero attached hydrogens (tertiary/aromatic N) is 4. The number of hydrogen-bond acceptors (Lipinski definition) is 5. The highest BCUT2D eigenvalue weighted by Gasteiger charge is 2.26. The van der Waals surface area contributed by atoms with Crippen LogP contribution in [-0.2, 0) is 6.42 Å². The zero-order chi connectivity index (χ0) is 23.1. The molecule has 5 rings (SSSR count). The van der Waals surface area contributed by atoms with Gasteiger partial charge in [-0.05, 0) is 60.7 Å². The second-order valence-electron chi connectivity index (χ2n) is 8.47. The van der Waals surface area contributed by atoms with E-state index in [0.717, 1.165) is 35.5 Å². The van der Waals surface area contributed by atoms with Crippen LogP contribution < -0.4 is 9.80 Å². The Morgan fingerprint density at radius 1 is 0.970 bits per heavy atom. The Bertz CT molecular complexity index is 1330. The zero-order valence-corrected chi connectivity index (χ0v) is 20.6. The van der Waals surface area contributed by atoms with E-state index in [9.17, 15) is 4.39 Å². The number of aromatic nitrogens is 2. The van der Waals surface area contributed by atoms with E-state index in [1.807, 2.05) is 12.1 Å². The summed E-state index contributed by atoms with van der Waals surface area (Å²) in [5.74, 6) is 0.697. The average molecular weight is 481 g/mol. The fourth-order valence-corrected chi connectivity index (χ4v) is 5.89. The predicted octanol–water partition coefficient (Wildman–Crippen LogP) is 6.66. The maximum atomic E-state index is 14.3. The first-order valence-electron chi connectivity index (χ1n) is 11.3. The lowest BCUT2D eigenvalue weighted by molar-refractivity contribution is 0.596. The highest BCUT2D eigenvalue weighted by atomic mass is 35.5. The molecular formula is C26H26ClFN4S. The molecule has 0 spiro atoms. The van der Waals surface area contributed by atoms with Gasteiger partial charge in [0.25, 0.3) is 0 Å². The van der Waals surface area contributed by atoms with Crippen molar-refractivity contribution in [2.45, 2.75) is 27.2 Å². The van der Waals surface area contributed by atoms with Crippen LogP contribution in [0.4, 0.5) is 15.9 Å². The van der Waals surface area contributed by atoms with E-state index in [1.165, 1.54) is 33.2 Å². The number of rotatable bonds is 4. The van der Waals surface area contributed by atoms with Crippen molar-refractivity contribution in [1.82, 2.24) is 9.97 Å². The third-order valence-corrected chi connectivity index (χ3v) is 7.86. The molecule has 1 fully saturated rings. The fraction of sp³-hybridized carbons (Fsp3) is 0.308. The van der Waals surface area contributed by atoms with E-state index >= 15 is 0 Å². The minimum absolute atomic E-state index is 0.180. The molecule has 2 aromatic heterocycles. The molecule has 0 atom stereocenters. The van der Waals surface area contributed by atoms with Gasteiger partial charge in [-0.3, -0.25) is 0 Å². The highest BCUT2D eigenvalue weighted by Crippen LogP contribution is 2.43. The first kappa shape index (κ1) is 22.1. The van der Waals surface area contributed by atoms with Crippen LogP contribution >= 0.6 is 22.9 Å². The van der Waals surface area contributed by atoms with Gasteiger partial charge >= 0.3 is 0 Å². The Labute approximate surface area is 202 Å². The molecule has 170 valence electrons. The van der Waals surface area contributed by atoms with Gasteiger partial charge in [-0.15, -0.1) is 11.3 Å². The minimum atomic E-state index is -0.180. The molecule has 3 heterocycles. The van der Waals surface area contributed by atoms with E-state index in [0.29, 0.717) is 18.8 Å². The summed E-state index contributed by atoms with van der Waals surface area (Å²) in [7, 11) is 0. The molecule has 0 radical (unpaired) electrons. The second kappa shape index (κ2) is 8.92. The van der Waals surface area contributed by atoms with Crippen molar-refractivity contribution in [3.05, 3.63) is 69.6 Å². The van der Waals surface area contributed by atoms with E-state index in [-0.39, 0.29) is 11.1 Å². The summed E-state index contributed by atoms with van der Waals surface area (Å²) < 4.78 is 14.3. The Hall–Kier alpha value is -2.70. The normalized spacial score (nSPS) is 14.3. The Morgan fingerprint density at radius 2 is 1.70 bits per heavy atom. The summed E-state index contributed by atoms with van der Waals surface area (Å²) in [6, 6.07) is 13.6. The number of piperazine rings is 1. The molecule has 0 bridgehead atoms. The highest BCUT2D eigenvalue weighted by molar-refractivity contribution is 7.19. The maximum Gasteiger partial charge on any atom is 0.225 e. The van der Waals surface area contributed by atoms with Crippen LogP contribution in [0.5, 0.6) is 0 Å². The Morgan fingerprint density at radius 3 is 2.39 bits per heavy atom. The van der Waals surface area contributed by atoms with Crippen molar-refractivity contribution in [2.24, 2.45) is 0 Å². The average Bonchev–Trinajstić information content (AvgIpc) is 3.19. The monoisotopic (exact) mass is 480 g/mol. The first-order chi connectivity index (χ1) is 16.0. The van der Waals surface area contributed by atoms with Gasteiger partial charge in [0, 0.05) is 36.6 Å². The van der Waals surface area contributed by atoms with Gasteiger partial charge in [0.05, 0.1) is 11.1 Å². The van der Waals surface area contributed by atoms with Crippen molar-refractivity contribution < 1.29 is 4.39 Å². The van der Waals surface area contributed by atoms with Gasteiger partial charge in [0.15, 0.2) is 0 Å². The van der Waals surface area contributed by atoms with Crippen LogP contribution in [0.3, 0.4) is 0 Å². The number of halogens is 2. The summed E-state index contributed by atoms with van der Waals surface area (Å²) in [5, 5.41) is 1.34. The molecule has 0 saturated carbocycles. The molecule has 2 aromatic carbocycles. The molecule has 33 heavy (non-hydrogen) atoms. The van der Waals surface area contributed by atoms with Crippen LogP contribution in [0.1, 0.15) is 22.9 Å². The summed E-state index contributed by atoms with van der Waals surface area (Å²) in [6.07, 6.45) is 0.918. The van der Waals surface area contributed by atoms with E-state index in [2.05, 4.69) is 53.8 Å². The number of hydrogen-bond donors (Lipinski definition) is 0. The van der Waals surface area contributed by atoms with Crippen molar-refractivity contribution in [3.63, 3.8) is 0 Å². The van der Waals surface area contributed by atoms with Crippen LogP contribution in [-0.4, -0.2) is 36.1 Å². The number of thiophene rings is 1. The van der Waals surface area contributed by atoms with Gasteiger partial charge in [0.2, 0.25) is 5.28 Å². The van der Waals surface area contributed by atoms with Crippen molar-refractivity contribution in [1.29, 1.82) is 0 Å². The summed E-state index contributed by atoms with van der Waals surface area (Å²) in [5.41, 5.74) is 5.61. The number of fused-ring (bicyclic) bond motifs is 1. The molecule has 0 amide bonds. The molecule has 0 aliphatic carbocycles. The van der Waals surface area contributed by atoms with E-state index in [1.54, 1.807) is 17.4 Å². The number of anilines is 2. The zero-order valence-electron chi connectivity index (χ0n) is 19.0. The lowest BCUT2D eigenvalue weighted by Crippen LogP contribution is -2.47.